The molecule has 100 valence electrons. The Morgan fingerprint density at radius 1 is 1.11 bits per heavy atom. The number of hydrogen-bond donors (Lipinski definition) is 1. The molecule has 0 saturated carbocycles. The van der Waals surface area contributed by atoms with Crippen molar-refractivity contribution < 1.29 is 4.39 Å². The Balaban J connectivity index is 2.25. The molecular weight excluding hydrogens is 373 g/mol. The van der Waals surface area contributed by atoms with Crippen LogP contribution in [-0.4, -0.2) is 0 Å². The van der Waals surface area contributed by atoms with Crippen LogP contribution in [0.2, 0.25) is 0 Å². The first-order chi connectivity index (χ1) is 8.97. The van der Waals surface area contributed by atoms with Crippen LogP contribution in [-0.2, 0) is 6.42 Å². The van der Waals surface area contributed by atoms with Crippen LogP contribution in [0.3, 0.4) is 0 Å². The van der Waals surface area contributed by atoms with Gasteiger partial charge in [0.2, 0.25) is 0 Å². The molecule has 19 heavy (non-hydrogen) atoms. The SMILES string of the molecule is Cc1ccc(C(N)Cc2cc(F)ccc2Br)c(Br)c1. The molecule has 2 N–H and O–H groups in total. The molecule has 0 spiro atoms. The van der Waals surface area contributed by atoms with Crippen LogP contribution in [0, 0.1) is 12.7 Å². The molecule has 2 aromatic carbocycles. The van der Waals surface area contributed by atoms with Gasteiger partial charge in [0.05, 0.1) is 0 Å². The standard InChI is InChI=1S/C15H14Br2FN/c1-9-2-4-12(14(17)6-9)15(19)8-10-7-11(18)3-5-13(10)16/h2-7,15H,8,19H2,1H3. The van der Waals surface area contributed by atoms with E-state index in [1.807, 2.05) is 25.1 Å². The Hall–Kier alpha value is -0.710. The summed E-state index contributed by atoms with van der Waals surface area (Å²) >= 11 is 6.96. The number of rotatable bonds is 3. The average molecular weight is 387 g/mol. The van der Waals surface area contributed by atoms with Crippen LogP contribution >= 0.6 is 31.9 Å². The Bertz CT molecular complexity index is 599. The van der Waals surface area contributed by atoms with Crippen molar-refractivity contribution >= 4 is 31.9 Å². The van der Waals surface area contributed by atoms with E-state index in [1.54, 1.807) is 6.07 Å². The maximum Gasteiger partial charge on any atom is 0.123 e. The predicted molar refractivity (Wildman–Crippen MR) is 83.6 cm³/mol. The van der Waals surface area contributed by atoms with Gasteiger partial charge in [-0.05, 0) is 54.3 Å². The highest BCUT2D eigenvalue weighted by Gasteiger charge is 2.13. The molecule has 0 heterocycles. The van der Waals surface area contributed by atoms with E-state index in [4.69, 9.17) is 5.73 Å². The minimum atomic E-state index is -0.242. The number of halogens is 3. The Labute approximate surface area is 129 Å². The van der Waals surface area contributed by atoms with Crippen LogP contribution in [0.4, 0.5) is 4.39 Å². The molecule has 0 aromatic heterocycles. The third kappa shape index (κ3) is 3.65. The molecule has 2 rings (SSSR count). The predicted octanol–water partition coefficient (Wildman–Crippen LogP) is 4.90. The lowest BCUT2D eigenvalue weighted by molar-refractivity contribution is 0.621. The van der Waals surface area contributed by atoms with Crippen LogP contribution in [0.15, 0.2) is 45.3 Å². The van der Waals surface area contributed by atoms with Gasteiger partial charge in [0.15, 0.2) is 0 Å². The smallest absolute Gasteiger partial charge is 0.123 e. The topological polar surface area (TPSA) is 26.0 Å². The van der Waals surface area contributed by atoms with Gasteiger partial charge in [0.1, 0.15) is 5.82 Å². The first-order valence-electron chi connectivity index (χ1n) is 5.93. The third-order valence-corrected chi connectivity index (χ3v) is 4.46. The van der Waals surface area contributed by atoms with Gasteiger partial charge in [-0.2, -0.15) is 0 Å². The molecule has 0 aliphatic carbocycles. The maximum atomic E-state index is 13.3. The Morgan fingerprint density at radius 2 is 1.84 bits per heavy atom. The van der Waals surface area contributed by atoms with E-state index < -0.39 is 0 Å². The molecule has 1 unspecified atom stereocenters. The number of nitrogens with two attached hydrogens (primary N) is 1. The lowest BCUT2D eigenvalue weighted by Gasteiger charge is -2.15. The van der Waals surface area contributed by atoms with E-state index >= 15 is 0 Å². The van der Waals surface area contributed by atoms with E-state index in [0.29, 0.717) is 6.42 Å². The van der Waals surface area contributed by atoms with Crippen molar-refractivity contribution in [3.63, 3.8) is 0 Å². The zero-order valence-corrected chi connectivity index (χ0v) is 13.6. The second kappa shape index (κ2) is 6.16. The normalized spacial score (nSPS) is 12.5. The summed E-state index contributed by atoms with van der Waals surface area (Å²) in [7, 11) is 0. The van der Waals surface area contributed by atoms with Gasteiger partial charge in [-0.25, -0.2) is 4.39 Å². The Kier molecular flexibility index (Phi) is 4.76. The van der Waals surface area contributed by atoms with E-state index in [1.165, 1.54) is 17.7 Å². The van der Waals surface area contributed by atoms with Crippen LogP contribution < -0.4 is 5.73 Å². The van der Waals surface area contributed by atoms with E-state index in [2.05, 4.69) is 31.9 Å². The number of hydrogen-bond acceptors (Lipinski definition) is 1. The molecular formula is C15H14Br2FN. The van der Waals surface area contributed by atoms with Gasteiger partial charge in [-0.3, -0.25) is 0 Å². The summed E-state index contributed by atoms with van der Waals surface area (Å²) in [5.41, 5.74) is 9.30. The molecule has 0 aliphatic heterocycles. The highest BCUT2D eigenvalue weighted by Crippen LogP contribution is 2.28. The molecule has 0 bridgehead atoms. The van der Waals surface area contributed by atoms with Crippen LogP contribution in [0.1, 0.15) is 22.7 Å². The van der Waals surface area contributed by atoms with E-state index in [9.17, 15) is 4.39 Å². The van der Waals surface area contributed by atoms with Gasteiger partial charge in [-0.15, -0.1) is 0 Å². The zero-order chi connectivity index (χ0) is 14.0. The van der Waals surface area contributed by atoms with Gasteiger partial charge in [0.25, 0.3) is 0 Å². The van der Waals surface area contributed by atoms with Gasteiger partial charge >= 0.3 is 0 Å². The largest absolute Gasteiger partial charge is 0.324 e. The lowest BCUT2D eigenvalue weighted by Crippen LogP contribution is -2.14. The summed E-state index contributed by atoms with van der Waals surface area (Å²) in [6.07, 6.45) is 0.583. The number of aryl methyl sites for hydroxylation is 1. The maximum absolute atomic E-state index is 13.3. The highest BCUT2D eigenvalue weighted by molar-refractivity contribution is 9.10. The summed E-state index contributed by atoms with van der Waals surface area (Å²) in [5.74, 6) is -0.242. The molecule has 0 amide bonds. The molecule has 4 heteroatoms. The molecule has 1 atom stereocenters. The number of benzene rings is 2. The van der Waals surface area contributed by atoms with Crippen molar-refractivity contribution in [2.75, 3.05) is 0 Å². The highest BCUT2D eigenvalue weighted by atomic mass is 79.9. The van der Waals surface area contributed by atoms with Crippen LogP contribution in [0.25, 0.3) is 0 Å². The molecule has 2 aromatic rings. The second-order valence-electron chi connectivity index (χ2n) is 4.57. The summed E-state index contributed by atoms with van der Waals surface area (Å²) in [4.78, 5) is 0. The lowest BCUT2D eigenvalue weighted by atomic mass is 9.99. The summed E-state index contributed by atoms with van der Waals surface area (Å²) < 4.78 is 15.1. The minimum Gasteiger partial charge on any atom is -0.324 e. The molecule has 0 saturated heterocycles. The summed E-state index contributed by atoms with van der Waals surface area (Å²) in [6, 6.07) is 10.6. The minimum absolute atomic E-state index is 0.173. The van der Waals surface area contributed by atoms with Crippen molar-refractivity contribution in [2.45, 2.75) is 19.4 Å². The third-order valence-electron chi connectivity index (χ3n) is 3.00. The molecule has 1 nitrogen and oxygen atoms in total. The first-order valence-corrected chi connectivity index (χ1v) is 7.51. The van der Waals surface area contributed by atoms with E-state index in [0.717, 1.165) is 20.1 Å². The molecule has 0 aliphatic rings. The fourth-order valence-corrected chi connectivity index (χ4v) is 3.18. The summed E-state index contributed by atoms with van der Waals surface area (Å²) in [6.45, 7) is 2.03. The first kappa shape index (κ1) is 14.7. The van der Waals surface area contributed by atoms with Crippen molar-refractivity contribution in [2.24, 2.45) is 5.73 Å². The Morgan fingerprint density at radius 3 is 2.53 bits per heavy atom. The van der Waals surface area contributed by atoms with Crippen molar-refractivity contribution in [3.8, 4) is 0 Å². The van der Waals surface area contributed by atoms with Gasteiger partial charge in [-0.1, -0.05) is 44.0 Å². The molecule has 0 fully saturated rings. The zero-order valence-electron chi connectivity index (χ0n) is 10.5. The average Bonchev–Trinajstić information content (AvgIpc) is 2.33. The quantitative estimate of drug-likeness (QED) is 0.797. The van der Waals surface area contributed by atoms with Crippen molar-refractivity contribution in [1.29, 1.82) is 0 Å². The van der Waals surface area contributed by atoms with Crippen molar-refractivity contribution in [3.05, 3.63) is 67.9 Å². The fourth-order valence-electron chi connectivity index (χ4n) is 1.98. The van der Waals surface area contributed by atoms with Gasteiger partial charge < -0.3 is 5.73 Å². The van der Waals surface area contributed by atoms with Gasteiger partial charge in [0, 0.05) is 15.0 Å². The molecule has 0 radical (unpaired) electrons. The monoisotopic (exact) mass is 385 g/mol. The summed E-state index contributed by atoms with van der Waals surface area (Å²) in [5, 5.41) is 0. The van der Waals surface area contributed by atoms with E-state index in [-0.39, 0.29) is 11.9 Å². The fraction of sp³-hybridized carbons (Fsp3) is 0.200. The van der Waals surface area contributed by atoms with Crippen LogP contribution in [0.5, 0.6) is 0 Å². The second-order valence-corrected chi connectivity index (χ2v) is 6.28. The van der Waals surface area contributed by atoms with Crippen molar-refractivity contribution in [1.82, 2.24) is 0 Å².